The minimum atomic E-state index is -0.234. The number of benzene rings is 2. The molecular weight excluding hydrogens is 316 g/mol. The second kappa shape index (κ2) is 7.53. The summed E-state index contributed by atoms with van der Waals surface area (Å²) >= 11 is 0. The summed E-state index contributed by atoms with van der Waals surface area (Å²) in [6, 6.07) is 15.5. The molecule has 0 atom stereocenters. The summed E-state index contributed by atoms with van der Waals surface area (Å²) in [6.07, 6.45) is 3.64. The lowest BCUT2D eigenvalue weighted by Crippen LogP contribution is -2.26. The van der Waals surface area contributed by atoms with Crippen LogP contribution in [-0.4, -0.2) is 30.3 Å². The van der Waals surface area contributed by atoms with Crippen LogP contribution in [0.2, 0.25) is 0 Å². The monoisotopic (exact) mass is 336 g/mol. The van der Waals surface area contributed by atoms with Gasteiger partial charge >= 0.3 is 0 Å². The molecule has 1 aromatic heterocycles. The number of hydrogen-bond acceptors (Lipinski definition) is 4. The molecule has 0 unspecified atom stereocenters. The highest BCUT2D eigenvalue weighted by atomic mass is 16.5. The van der Waals surface area contributed by atoms with Gasteiger partial charge in [-0.25, -0.2) is 5.43 Å². The van der Waals surface area contributed by atoms with E-state index >= 15 is 0 Å². The molecule has 3 aromatic rings. The number of carbonyl (C=O) groups excluding carboxylic acids is 1. The van der Waals surface area contributed by atoms with Crippen molar-refractivity contribution >= 4 is 28.7 Å². The van der Waals surface area contributed by atoms with Crippen LogP contribution in [0, 0.1) is 0 Å². The summed E-state index contributed by atoms with van der Waals surface area (Å²) in [5, 5.41) is 8.17. The number of ether oxygens (including phenoxy) is 1. The first-order valence-corrected chi connectivity index (χ1v) is 7.92. The summed E-state index contributed by atoms with van der Waals surface area (Å²) in [4.78, 5) is 11.9. The lowest BCUT2D eigenvalue weighted by atomic mass is 10.2. The average molecular weight is 336 g/mol. The van der Waals surface area contributed by atoms with E-state index in [1.165, 1.54) is 0 Å². The van der Waals surface area contributed by atoms with Gasteiger partial charge in [-0.2, -0.15) is 5.10 Å². The minimum absolute atomic E-state index is 0.104. The minimum Gasteiger partial charge on any atom is -0.495 e. The van der Waals surface area contributed by atoms with Gasteiger partial charge in [-0.3, -0.25) is 4.79 Å². The summed E-state index contributed by atoms with van der Waals surface area (Å²) in [5.74, 6) is 0.456. The standard InChI is InChI=1S/C19H20N4O2/c1-23-13-14(15-7-3-5-9-17(15)23)11-21-22-19(24)12-20-16-8-4-6-10-18(16)25-2/h3-11,13,20H,12H2,1-2H3,(H,22,24)/b21-11+. The molecule has 0 aliphatic rings. The predicted octanol–water partition coefficient (Wildman–Crippen LogP) is 2.75. The van der Waals surface area contributed by atoms with Crippen LogP contribution >= 0.6 is 0 Å². The lowest BCUT2D eigenvalue weighted by Gasteiger charge is -2.09. The number of nitrogens with zero attached hydrogens (tertiary/aromatic N) is 2. The Balaban J connectivity index is 1.59. The summed E-state index contributed by atoms with van der Waals surface area (Å²) in [7, 11) is 3.57. The number of hydrazone groups is 1. The maximum atomic E-state index is 11.9. The smallest absolute Gasteiger partial charge is 0.259 e. The molecule has 0 bridgehead atoms. The molecule has 3 rings (SSSR count). The molecule has 0 fully saturated rings. The van der Waals surface area contributed by atoms with Crippen molar-refractivity contribution in [1.29, 1.82) is 0 Å². The molecule has 0 aliphatic heterocycles. The third kappa shape index (κ3) is 3.80. The molecule has 2 aromatic carbocycles. The molecule has 0 spiro atoms. The number of para-hydroxylation sites is 3. The van der Waals surface area contributed by atoms with Gasteiger partial charge in [-0.05, 0) is 18.2 Å². The molecule has 6 heteroatoms. The zero-order chi connectivity index (χ0) is 17.6. The molecule has 6 nitrogen and oxygen atoms in total. The van der Waals surface area contributed by atoms with E-state index in [1.807, 2.05) is 66.3 Å². The second-order valence-corrected chi connectivity index (χ2v) is 5.56. The van der Waals surface area contributed by atoms with Gasteiger partial charge in [0, 0.05) is 29.7 Å². The first-order chi connectivity index (χ1) is 12.2. The Morgan fingerprint density at radius 1 is 1.20 bits per heavy atom. The van der Waals surface area contributed by atoms with E-state index in [0.717, 1.165) is 22.2 Å². The highest BCUT2D eigenvalue weighted by Crippen LogP contribution is 2.22. The molecule has 128 valence electrons. The van der Waals surface area contributed by atoms with Gasteiger partial charge in [-0.15, -0.1) is 0 Å². The van der Waals surface area contributed by atoms with Crippen LogP contribution in [0.5, 0.6) is 5.75 Å². The predicted molar refractivity (Wildman–Crippen MR) is 100 cm³/mol. The van der Waals surface area contributed by atoms with Crippen LogP contribution in [0.1, 0.15) is 5.56 Å². The number of methoxy groups -OCH3 is 1. The number of nitrogens with one attached hydrogen (secondary N) is 2. The Morgan fingerprint density at radius 3 is 2.80 bits per heavy atom. The van der Waals surface area contributed by atoms with Gasteiger partial charge in [0.25, 0.3) is 5.91 Å². The van der Waals surface area contributed by atoms with Crippen molar-refractivity contribution in [2.45, 2.75) is 0 Å². The maximum absolute atomic E-state index is 11.9. The number of aromatic nitrogens is 1. The van der Waals surface area contributed by atoms with E-state index in [1.54, 1.807) is 13.3 Å². The van der Waals surface area contributed by atoms with Gasteiger partial charge < -0.3 is 14.6 Å². The quantitative estimate of drug-likeness (QED) is 0.537. The highest BCUT2D eigenvalue weighted by Gasteiger charge is 2.05. The van der Waals surface area contributed by atoms with E-state index in [4.69, 9.17) is 4.74 Å². The van der Waals surface area contributed by atoms with Crippen LogP contribution in [0.25, 0.3) is 10.9 Å². The maximum Gasteiger partial charge on any atom is 0.259 e. The lowest BCUT2D eigenvalue weighted by molar-refractivity contribution is -0.119. The Kier molecular flexibility index (Phi) is 4.99. The molecule has 25 heavy (non-hydrogen) atoms. The van der Waals surface area contributed by atoms with Crippen LogP contribution in [0.15, 0.2) is 59.8 Å². The molecule has 2 N–H and O–H groups in total. The van der Waals surface area contributed by atoms with Crippen molar-refractivity contribution in [1.82, 2.24) is 9.99 Å². The van der Waals surface area contributed by atoms with Gasteiger partial charge in [0.2, 0.25) is 0 Å². The third-order valence-electron chi connectivity index (χ3n) is 3.87. The Bertz CT molecular complexity index is 915. The van der Waals surface area contributed by atoms with Crippen molar-refractivity contribution in [3.8, 4) is 5.75 Å². The fraction of sp³-hybridized carbons (Fsp3) is 0.158. The fourth-order valence-electron chi connectivity index (χ4n) is 2.66. The largest absolute Gasteiger partial charge is 0.495 e. The zero-order valence-electron chi connectivity index (χ0n) is 14.2. The number of aryl methyl sites for hydroxylation is 1. The SMILES string of the molecule is COc1ccccc1NCC(=O)N/N=C/c1cn(C)c2ccccc12. The number of hydrogen-bond donors (Lipinski definition) is 2. The van der Waals surface area contributed by atoms with Gasteiger partial charge in [0.1, 0.15) is 5.75 Å². The molecule has 1 amide bonds. The first-order valence-electron chi connectivity index (χ1n) is 7.92. The molecule has 1 heterocycles. The Labute approximate surface area is 146 Å². The highest BCUT2D eigenvalue weighted by molar-refractivity contribution is 5.99. The topological polar surface area (TPSA) is 67.7 Å². The molecular formula is C19H20N4O2. The summed E-state index contributed by atoms with van der Waals surface area (Å²) in [5.41, 5.74) is 5.37. The van der Waals surface area contributed by atoms with Crippen LogP contribution in [0.3, 0.4) is 0 Å². The Morgan fingerprint density at radius 2 is 1.96 bits per heavy atom. The first kappa shape index (κ1) is 16.6. The molecule has 0 aliphatic carbocycles. The Hall–Kier alpha value is -3.28. The van der Waals surface area contributed by atoms with Gasteiger partial charge in [0.05, 0.1) is 25.6 Å². The van der Waals surface area contributed by atoms with Crippen molar-refractivity contribution in [2.24, 2.45) is 12.1 Å². The van der Waals surface area contributed by atoms with Gasteiger partial charge in [-0.1, -0.05) is 30.3 Å². The molecule has 0 saturated carbocycles. The zero-order valence-corrected chi connectivity index (χ0v) is 14.2. The van der Waals surface area contributed by atoms with Crippen molar-refractivity contribution in [3.63, 3.8) is 0 Å². The van der Waals surface area contributed by atoms with Crippen LogP contribution in [-0.2, 0) is 11.8 Å². The normalized spacial score (nSPS) is 11.0. The molecule has 0 radical (unpaired) electrons. The number of fused-ring (bicyclic) bond motifs is 1. The van der Waals surface area contributed by atoms with Crippen LogP contribution in [0.4, 0.5) is 5.69 Å². The molecule has 0 saturated heterocycles. The van der Waals surface area contributed by atoms with E-state index in [2.05, 4.69) is 15.8 Å². The van der Waals surface area contributed by atoms with Gasteiger partial charge in [0.15, 0.2) is 0 Å². The number of amides is 1. The average Bonchev–Trinajstić information content (AvgIpc) is 2.96. The number of anilines is 1. The van der Waals surface area contributed by atoms with Crippen LogP contribution < -0.4 is 15.5 Å². The summed E-state index contributed by atoms with van der Waals surface area (Å²) < 4.78 is 7.26. The van der Waals surface area contributed by atoms with E-state index in [0.29, 0.717) is 5.75 Å². The summed E-state index contributed by atoms with van der Waals surface area (Å²) in [6.45, 7) is 0.104. The van der Waals surface area contributed by atoms with E-state index in [9.17, 15) is 4.79 Å². The van der Waals surface area contributed by atoms with E-state index < -0.39 is 0 Å². The fourth-order valence-corrected chi connectivity index (χ4v) is 2.66. The van der Waals surface area contributed by atoms with Crippen molar-refractivity contribution < 1.29 is 9.53 Å². The third-order valence-corrected chi connectivity index (χ3v) is 3.87. The van der Waals surface area contributed by atoms with Crippen molar-refractivity contribution in [2.75, 3.05) is 19.0 Å². The van der Waals surface area contributed by atoms with Crippen molar-refractivity contribution in [3.05, 3.63) is 60.3 Å². The van der Waals surface area contributed by atoms with E-state index in [-0.39, 0.29) is 12.5 Å². The number of carbonyl (C=O) groups is 1. The second-order valence-electron chi connectivity index (χ2n) is 5.56. The number of rotatable bonds is 6.